The van der Waals surface area contributed by atoms with Gasteiger partial charge in [0.15, 0.2) is 0 Å². The number of piperidine rings is 1. The van der Waals surface area contributed by atoms with E-state index in [4.69, 9.17) is 0 Å². The Hall–Kier alpha value is -2.20. The van der Waals surface area contributed by atoms with E-state index in [1.807, 2.05) is 29.2 Å². The van der Waals surface area contributed by atoms with Crippen LogP contribution in [0.5, 0.6) is 0 Å². The average Bonchev–Trinajstić information content (AvgIpc) is 3.23. The SMILES string of the molecule is O=C(c1ccccc1CC1(c2cccc(F)c2)CCNCC1)N1CCCC1. The third-order valence-corrected chi connectivity index (χ3v) is 6.17. The molecule has 0 bridgehead atoms. The van der Waals surface area contributed by atoms with Crippen molar-refractivity contribution in [1.82, 2.24) is 10.2 Å². The summed E-state index contributed by atoms with van der Waals surface area (Å²) in [5.74, 6) is -0.0433. The Morgan fingerprint density at radius 2 is 1.78 bits per heavy atom. The zero-order valence-corrected chi connectivity index (χ0v) is 15.7. The molecule has 27 heavy (non-hydrogen) atoms. The highest BCUT2D eigenvalue weighted by molar-refractivity contribution is 5.95. The number of hydrogen-bond acceptors (Lipinski definition) is 2. The molecular formula is C23H27FN2O. The summed E-state index contributed by atoms with van der Waals surface area (Å²) in [7, 11) is 0. The van der Waals surface area contributed by atoms with Crippen molar-refractivity contribution in [2.24, 2.45) is 0 Å². The molecule has 0 radical (unpaired) electrons. The molecular weight excluding hydrogens is 339 g/mol. The van der Waals surface area contributed by atoms with E-state index in [0.29, 0.717) is 0 Å². The molecule has 2 saturated heterocycles. The standard InChI is InChI=1S/C23H27FN2O/c24-20-8-5-7-19(16-20)23(10-12-25-13-11-23)17-18-6-1-2-9-21(18)22(27)26-14-3-4-15-26/h1-2,5-9,16,25H,3-4,10-15,17H2. The highest BCUT2D eigenvalue weighted by atomic mass is 19.1. The van der Waals surface area contributed by atoms with Crippen LogP contribution in [0, 0.1) is 5.82 Å². The van der Waals surface area contributed by atoms with Crippen LogP contribution in [0.15, 0.2) is 48.5 Å². The van der Waals surface area contributed by atoms with Gasteiger partial charge in [0.25, 0.3) is 5.91 Å². The van der Waals surface area contributed by atoms with E-state index in [0.717, 1.165) is 75.0 Å². The molecule has 0 saturated carbocycles. The van der Waals surface area contributed by atoms with Gasteiger partial charge in [0.05, 0.1) is 0 Å². The van der Waals surface area contributed by atoms with Gasteiger partial charge in [-0.3, -0.25) is 4.79 Å². The second-order valence-corrected chi connectivity index (χ2v) is 7.87. The van der Waals surface area contributed by atoms with Crippen molar-refractivity contribution in [2.75, 3.05) is 26.2 Å². The Bertz CT molecular complexity index is 808. The molecule has 1 N–H and O–H groups in total. The lowest BCUT2D eigenvalue weighted by atomic mass is 9.69. The minimum atomic E-state index is -0.188. The number of carbonyl (C=O) groups is 1. The molecule has 142 valence electrons. The Morgan fingerprint density at radius 3 is 2.52 bits per heavy atom. The summed E-state index contributed by atoms with van der Waals surface area (Å²) in [6.07, 6.45) is 4.85. The molecule has 2 fully saturated rings. The predicted molar refractivity (Wildman–Crippen MR) is 105 cm³/mol. The van der Waals surface area contributed by atoms with Crippen LogP contribution in [0.1, 0.15) is 47.2 Å². The Kier molecular flexibility index (Phi) is 5.26. The van der Waals surface area contributed by atoms with Gasteiger partial charge in [-0.15, -0.1) is 0 Å². The van der Waals surface area contributed by atoms with Crippen LogP contribution in [0.25, 0.3) is 0 Å². The van der Waals surface area contributed by atoms with Crippen LogP contribution in [-0.2, 0) is 11.8 Å². The first-order valence-electron chi connectivity index (χ1n) is 10.0. The lowest BCUT2D eigenvalue weighted by molar-refractivity contribution is 0.0791. The molecule has 4 rings (SSSR count). The van der Waals surface area contributed by atoms with Crippen LogP contribution < -0.4 is 5.32 Å². The Balaban J connectivity index is 1.69. The summed E-state index contributed by atoms with van der Waals surface area (Å²) in [5, 5.41) is 3.42. The lowest BCUT2D eigenvalue weighted by Gasteiger charge is -2.39. The van der Waals surface area contributed by atoms with E-state index in [1.165, 1.54) is 6.07 Å². The molecule has 1 amide bonds. The summed E-state index contributed by atoms with van der Waals surface area (Å²) in [6.45, 7) is 3.54. The molecule has 3 nitrogen and oxygen atoms in total. The van der Waals surface area contributed by atoms with Gasteiger partial charge in [-0.25, -0.2) is 4.39 Å². The van der Waals surface area contributed by atoms with E-state index < -0.39 is 0 Å². The molecule has 0 unspecified atom stereocenters. The molecule has 0 aliphatic carbocycles. The first-order chi connectivity index (χ1) is 13.2. The molecule has 0 atom stereocenters. The molecule has 2 aromatic rings. The van der Waals surface area contributed by atoms with Gasteiger partial charge < -0.3 is 10.2 Å². The van der Waals surface area contributed by atoms with E-state index in [9.17, 15) is 9.18 Å². The van der Waals surface area contributed by atoms with Gasteiger partial charge in [-0.2, -0.15) is 0 Å². The number of nitrogens with zero attached hydrogens (tertiary/aromatic N) is 1. The summed E-state index contributed by atoms with van der Waals surface area (Å²) in [5.41, 5.74) is 2.82. The van der Waals surface area contributed by atoms with Gasteiger partial charge in [-0.1, -0.05) is 30.3 Å². The predicted octanol–water partition coefficient (Wildman–Crippen LogP) is 3.93. The van der Waals surface area contributed by atoms with Gasteiger partial charge in [0.1, 0.15) is 5.82 Å². The average molecular weight is 366 g/mol. The number of benzene rings is 2. The maximum Gasteiger partial charge on any atom is 0.254 e. The summed E-state index contributed by atoms with van der Waals surface area (Å²) in [6, 6.07) is 15.0. The molecule has 2 aliphatic rings. The largest absolute Gasteiger partial charge is 0.339 e. The number of rotatable bonds is 4. The number of hydrogen-bond donors (Lipinski definition) is 1. The van der Waals surface area contributed by atoms with Crippen molar-refractivity contribution in [3.63, 3.8) is 0 Å². The Morgan fingerprint density at radius 1 is 1.04 bits per heavy atom. The third-order valence-electron chi connectivity index (χ3n) is 6.17. The van der Waals surface area contributed by atoms with Crippen LogP contribution in [0.4, 0.5) is 4.39 Å². The van der Waals surface area contributed by atoms with Crippen molar-refractivity contribution in [1.29, 1.82) is 0 Å². The number of halogens is 1. The highest BCUT2D eigenvalue weighted by Gasteiger charge is 2.35. The smallest absolute Gasteiger partial charge is 0.254 e. The van der Waals surface area contributed by atoms with E-state index in [2.05, 4.69) is 11.4 Å². The minimum Gasteiger partial charge on any atom is -0.339 e. The summed E-state index contributed by atoms with van der Waals surface area (Å²) < 4.78 is 14.0. The minimum absolute atomic E-state index is 0.130. The van der Waals surface area contributed by atoms with Gasteiger partial charge in [0.2, 0.25) is 0 Å². The van der Waals surface area contributed by atoms with Crippen LogP contribution in [-0.4, -0.2) is 37.0 Å². The van der Waals surface area contributed by atoms with Crippen molar-refractivity contribution in [3.8, 4) is 0 Å². The fourth-order valence-electron chi connectivity index (χ4n) is 4.63. The van der Waals surface area contributed by atoms with Gasteiger partial charge in [-0.05, 0) is 74.5 Å². The first kappa shape index (κ1) is 18.2. The number of nitrogens with one attached hydrogen (secondary N) is 1. The lowest BCUT2D eigenvalue weighted by Crippen LogP contribution is -2.42. The topological polar surface area (TPSA) is 32.3 Å². The fourth-order valence-corrected chi connectivity index (χ4v) is 4.63. The molecule has 0 spiro atoms. The van der Waals surface area contributed by atoms with E-state index in [1.54, 1.807) is 12.1 Å². The van der Waals surface area contributed by atoms with Crippen LogP contribution >= 0.6 is 0 Å². The quantitative estimate of drug-likeness (QED) is 0.889. The maximum atomic E-state index is 14.0. The molecule has 2 aliphatic heterocycles. The molecule has 0 aromatic heterocycles. The zero-order valence-electron chi connectivity index (χ0n) is 15.7. The van der Waals surface area contributed by atoms with E-state index >= 15 is 0 Å². The normalized spacial score (nSPS) is 19.2. The van der Waals surface area contributed by atoms with Crippen molar-refractivity contribution >= 4 is 5.91 Å². The van der Waals surface area contributed by atoms with Gasteiger partial charge >= 0.3 is 0 Å². The second-order valence-electron chi connectivity index (χ2n) is 7.87. The number of likely N-dealkylation sites (tertiary alicyclic amines) is 1. The molecule has 4 heteroatoms. The monoisotopic (exact) mass is 366 g/mol. The molecule has 2 aromatic carbocycles. The number of amides is 1. The highest BCUT2D eigenvalue weighted by Crippen LogP contribution is 2.38. The molecule has 2 heterocycles. The van der Waals surface area contributed by atoms with Crippen molar-refractivity contribution < 1.29 is 9.18 Å². The fraction of sp³-hybridized carbons (Fsp3) is 0.435. The first-order valence-corrected chi connectivity index (χ1v) is 10.0. The summed E-state index contributed by atoms with van der Waals surface area (Å²) >= 11 is 0. The maximum absolute atomic E-state index is 14.0. The van der Waals surface area contributed by atoms with Crippen molar-refractivity contribution in [3.05, 3.63) is 71.0 Å². The van der Waals surface area contributed by atoms with Crippen LogP contribution in [0.3, 0.4) is 0 Å². The van der Waals surface area contributed by atoms with E-state index in [-0.39, 0.29) is 17.1 Å². The third kappa shape index (κ3) is 3.77. The van der Waals surface area contributed by atoms with Crippen LogP contribution in [0.2, 0.25) is 0 Å². The van der Waals surface area contributed by atoms with Crippen molar-refractivity contribution in [2.45, 2.75) is 37.5 Å². The van der Waals surface area contributed by atoms with Gasteiger partial charge in [0, 0.05) is 24.1 Å². The zero-order chi connectivity index (χ0) is 18.7. The number of carbonyl (C=O) groups excluding carboxylic acids is 1. The summed E-state index contributed by atoms with van der Waals surface area (Å²) in [4.78, 5) is 15.0. The second kappa shape index (κ2) is 7.81. The Labute approximate surface area is 160 Å².